The molecule has 0 saturated carbocycles. The summed E-state index contributed by atoms with van der Waals surface area (Å²) in [6.07, 6.45) is 0. The van der Waals surface area contributed by atoms with E-state index in [-0.39, 0.29) is 23.2 Å². The van der Waals surface area contributed by atoms with Crippen LogP contribution in [0.4, 0.5) is 0 Å². The lowest BCUT2D eigenvalue weighted by molar-refractivity contribution is 0.0284. The Bertz CT molecular complexity index is 2130. The normalized spacial score (nSPS) is 12.2. The van der Waals surface area contributed by atoms with Gasteiger partial charge in [0, 0.05) is 31.3 Å². The fourth-order valence-corrected chi connectivity index (χ4v) is 5.57. The molecule has 3 aromatic carbocycles. The summed E-state index contributed by atoms with van der Waals surface area (Å²) < 4.78 is 57.3. The van der Waals surface area contributed by atoms with Gasteiger partial charge in [0.15, 0.2) is 39.8 Å². The third kappa shape index (κ3) is 7.92. The van der Waals surface area contributed by atoms with Crippen molar-refractivity contribution < 1.29 is 70.6 Å². The van der Waals surface area contributed by atoms with Crippen molar-refractivity contribution in [2.75, 3.05) is 76.1 Å². The minimum Gasteiger partial charge on any atom is -0.496 e. The number of nitrogens with zero attached hydrogens (tertiary/aromatic N) is 1. The zero-order valence-corrected chi connectivity index (χ0v) is 30.6. The Hall–Kier alpha value is -6.55. The number of carbonyl (C=O) groups is 3. The first-order valence-corrected chi connectivity index (χ1v) is 16.2. The van der Waals surface area contributed by atoms with E-state index in [2.05, 4.69) is 4.74 Å². The summed E-state index contributed by atoms with van der Waals surface area (Å²) in [5.74, 6) is 1.86. The van der Waals surface area contributed by atoms with Gasteiger partial charge in [-0.1, -0.05) is 0 Å². The molecule has 0 radical (unpaired) electrons. The molecule has 16 heteroatoms. The number of amides is 1. The van der Waals surface area contributed by atoms with Gasteiger partial charge >= 0.3 is 11.9 Å². The van der Waals surface area contributed by atoms with Crippen LogP contribution in [0.2, 0.25) is 0 Å². The topological polar surface area (TPSA) is 188 Å². The average Bonchev–Trinajstić information content (AvgIpc) is 3.98. The Morgan fingerprint density at radius 1 is 0.537 bits per heavy atom. The zero-order valence-electron chi connectivity index (χ0n) is 30.6. The molecule has 0 spiro atoms. The van der Waals surface area contributed by atoms with Gasteiger partial charge in [-0.25, -0.2) is 9.59 Å². The van der Waals surface area contributed by atoms with Crippen molar-refractivity contribution in [3.63, 3.8) is 0 Å². The number of carbonyl (C=O) groups excluding carboxylic acids is 2. The predicted octanol–water partition coefficient (Wildman–Crippen LogP) is 6.31. The van der Waals surface area contributed by atoms with E-state index < -0.39 is 11.9 Å². The second kappa shape index (κ2) is 17.3. The number of carboxylic acid groups (broad SMARTS) is 1. The molecule has 4 heterocycles. The van der Waals surface area contributed by atoms with Crippen molar-refractivity contribution in [2.24, 2.45) is 0 Å². The average molecular weight is 750 g/mol. The van der Waals surface area contributed by atoms with Gasteiger partial charge in [-0.05, 0) is 36.4 Å². The quantitative estimate of drug-likeness (QED) is 0.162. The van der Waals surface area contributed by atoms with E-state index >= 15 is 0 Å². The Labute approximate surface area is 308 Å². The molecule has 1 aliphatic rings. The molecule has 1 saturated heterocycles. The van der Waals surface area contributed by atoms with E-state index in [0.717, 1.165) is 5.39 Å². The molecule has 0 unspecified atom stereocenters. The second-order valence-corrected chi connectivity index (χ2v) is 11.2. The smallest absolute Gasteiger partial charge is 0.373 e. The highest BCUT2D eigenvalue weighted by atomic mass is 16.5. The van der Waals surface area contributed by atoms with Crippen LogP contribution in [0.25, 0.3) is 32.9 Å². The lowest BCUT2D eigenvalue weighted by Crippen LogP contribution is -2.40. The van der Waals surface area contributed by atoms with E-state index in [1.165, 1.54) is 34.5 Å². The number of hydrogen-bond acceptors (Lipinski definition) is 14. The highest BCUT2D eigenvalue weighted by Gasteiger charge is 2.24. The molecule has 1 aliphatic heterocycles. The van der Waals surface area contributed by atoms with E-state index in [9.17, 15) is 14.4 Å². The number of methoxy groups -OCH3 is 7. The van der Waals surface area contributed by atoms with Crippen molar-refractivity contribution in [1.29, 1.82) is 0 Å². The molecule has 7 rings (SSSR count). The summed E-state index contributed by atoms with van der Waals surface area (Å²) in [5.41, 5.74) is 1.36. The number of benzene rings is 3. The van der Waals surface area contributed by atoms with Crippen LogP contribution in [-0.4, -0.2) is 104 Å². The maximum absolute atomic E-state index is 12.5. The number of carboxylic acids is 1. The van der Waals surface area contributed by atoms with E-state index in [1.807, 2.05) is 0 Å². The van der Waals surface area contributed by atoms with Gasteiger partial charge in [-0.15, -0.1) is 0 Å². The summed E-state index contributed by atoms with van der Waals surface area (Å²) in [6.45, 7) is 2.26. The third-order valence-electron chi connectivity index (χ3n) is 8.25. The van der Waals surface area contributed by atoms with Crippen LogP contribution in [-0.2, 0) is 9.47 Å². The van der Waals surface area contributed by atoms with Crippen LogP contribution in [0.3, 0.4) is 0 Å². The maximum atomic E-state index is 12.5. The van der Waals surface area contributed by atoms with Gasteiger partial charge < -0.3 is 61.2 Å². The number of esters is 1. The number of rotatable bonds is 9. The number of morpholine rings is 1. The molecule has 286 valence electrons. The molecule has 3 aromatic heterocycles. The molecule has 54 heavy (non-hydrogen) atoms. The first-order chi connectivity index (χ1) is 26.1. The van der Waals surface area contributed by atoms with E-state index in [4.69, 9.17) is 51.5 Å². The number of furan rings is 3. The molecule has 16 nitrogen and oxygen atoms in total. The van der Waals surface area contributed by atoms with Crippen molar-refractivity contribution >= 4 is 50.8 Å². The molecule has 0 atom stereocenters. The lowest BCUT2D eigenvalue weighted by Gasteiger charge is -2.25. The van der Waals surface area contributed by atoms with Gasteiger partial charge in [-0.3, -0.25) is 4.79 Å². The standard InChI is InChI=1S/C15H17NO5.C12H12O5.C11H10O5/c1-18-11-3-4-12(19-2)14-10(11)9-13(21-14)15(17)16-5-7-20-8-6-16;1-14-8-4-5-9(15-2)11-7(8)6-10(17-11)12(13)16-3;1-14-7-3-4-8(15-2)10-6(7)5-9(16-10)11(12)13/h3-4,9H,5-8H2,1-2H3;4-6H,1-3H3;3-5H,1-2H3,(H,12,13). The summed E-state index contributed by atoms with van der Waals surface area (Å²) in [6, 6.07) is 15.1. The lowest BCUT2D eigenvalue weighted by atomic mass is 10.2. The maximum Gasteiger partial charge on any atom is 0.373 e. The SMILES string of the molecule is COC(=O)c1cc2c(OC)ccc(OC)c2o1.COc1ccc(OC)c2oc(C(=O)N3CCOCC3)cc12.COc1ccc(OC)c2oc(C(=O)O)cc12. The number of fused-ring (bicyclic) bond motifs is 3. The van der Waals surface area contributed by atoms with Gasteiger partial charge in [0.2, 0.25) is 11.5 Å². The second-order valence-electron chi connectivity index (χ2n) is 11.2. The van der Waals surface area contributed by atoms with Crippen LogP contribution < -0.4 is 28.4 Å². The molecule has 0 bridgehead atoms. The van der Waals surface area contributed by atoms with Gasteiger partial charge in [0.05, 0.1) is 79.1 Å². The van der Waals surface area contributed by atoms with Crippen LogP contribution in [0.15, 0.2) is 67.8 Å². The number of hydrogen-bond donors (Lipinski definition) is 1. The van der Waals surface area contributed by atoms with Crippen LogP contribution >= 0.6 is 0 Å². The fourth-order valence-electron chi connectivity index (χ4n) is 5.57. The van der Waals surface area contributed by atoms with Crippen molar-refractivity contribution in [1.82, 2.24) is 4.90 Å². The van der Waals surface area contributed by atoms with Crippen LogP contribution in [0.5, 0.6) is 34.5 Å². The molecular formula is C38H39NO15. The van der Waals surface area contributed by atoms with Gasteiger partial charge in [0.1, 0.15) is 17.2 Å². The molecule has 1 amide bonds. The number of ether oxygens (including phenoxy) is 8. The monoisotopic (exact) mass is 749 g/mol. The molecule has 0 aliphatic carbocycles. The van der Waals surface area contributed by atoms with Crippen molar-refractivity contribution in [3.8, 4) is 34.5 Å². The van der Waals surface area contributed by atoms with Crippen LogP contribution in [0.1, 0.15) is 31.7 Å². The highest BCUT2D eigenvalue weighted by molar-refractivity contribution is 6.00. The molecule has 1 N–H and O–H groups in total. The minimum atomic E-state index is -1.12. The summed E-state index contributed by atoms with van der Waals surface area (Å²) in [7, 11) is 10.5. The Morgan fingerprint density at radius 2 is 0.889 bits per heavy atom. The van der Waals surface area contributed by atoms with Gasteiger partial charge in [-0.2, -0.15) is 0 Å². The van der Waals surface area contributed by atoms with Crippen LogP contribution in [0, 0.1) is 0 Å². The highest BCUT2D eigenvalue weighted by Crippen LogP contribution is 2.38. The minimum absolute atomic E-state index is 0.116. The summed E-state index contributed by atoms with van der Waals surface area (Å²) in [5, 5.41) is 10.8. The zero-order chi connectivity index (χ0) is 38.9. The Balaban J connectivity index is 0.000000158. The van der Waals surface area contributed by atoms with E-state index in [1.54, 1.807) is 74.8 Å². The van der Waals surface area contributed by atoms with E-state index in [0.29, 0.717) is 88.3 Å². The van der Waals surface area contributed by atoms with Crippen molar-refractivity contribution in [3.05, 3.63) is 71.9 Å². The fraction of sp³-hybridized carbons (Fsp3) is 0.289. The Kier molecular flexibility index (Phi) is 12.4. The molecule has 6 aromatic rings. The van der Waals surface area contributed by atoms with Gasteiger partial charge in [0.25, 0.3) is 5.91 Å². The third-order valence-corrected chi connectivity index (χ3v) is 8.25. The largest absolute Gasteiger partial charge is 0.496 e. The summed E-state index contributed by atoms with van der Waals surface area (Å²) in [4.78, 5) is 36.4. The Morgan fingerprint density at radius 3 is 1.28 bits per heavy atom. The molecule has 1 fully saturated rings. The summed E-state index contributed by atoms with van der Waals surface area (Å²) >= 11 is 0. The first-order valence-electron chi connectivity index (χ1n) is 16.2. The number of aromatic carboxylic acids is 1. The molecular weight excluding hydrogens is 710 g/mol. The van der Waals surface area contributed by atoms with Crippen molar-refractivity contribution in [2.45, 2.75) is 0 Å². The first kappa shape index (κ1) is 38.7. The predicted molar refractivity (Wildman–Crippen MR) is 193 cm³/mol.